The van der Waals surface area contributed by atoms with Crippen LogP contribution < -0.4 is 0 Å². The van der Waals surface area contributed by atoms with E-state index < -0.39 is 0 Å². The van der Waals surface area contributed by atoms with Gasteiger partial charge in [0, 0.05) is 18.4 Å². The van der Waals surface area contributed by atoms with Crippen LogP contribution in [0, 0.1) is 5.92 Å². The number of thioether (sulfide) groups is 1. The first kappa shape index (κ1) is 23.3. The van der Waals surface area contributed by atoms with Crippen LogP contribution in [0.4, 0.5) is 0 Å². The van der Waals surface area contributed by atoms with E-state index >= 15 is 0 Å². The van der Waals surface area contributed by atoms with Crippen LogP contribution in [0.3, 0.4) is 0 Å². The lowest BCUT2D eigenvalue weighted by atomic mass is 9.80. The summed E-state index contributed by atoms with van der Waals surface area (Å²) in [6, 6.07) is 0. The fraction of sp³-hybridized carbons (Fsp3) is 0.455. The molecular weight excluding hydrogens is 406 g/mol. The van der Waals surface area contributed by atoms with Crippen LogP contribution in [0.2, 0.25) is 0 Å². The summed E-state index contributed by atoms with van der Waals surface area (Å²) >= 11 is 3.11. The summed E-state index contributed by atoms with van der Waals surface area (Å²) < 4.78 is 11.7. The first-order chi connectivity index (χ1) is 14.0. The van der Waals surface area contributed by atoms with Crippen molar-refractivity contribution >= 4 is 34.8 Å². The van der Waals surface area contributed by atoms with E-state index in [4.69, 9.17) is 9.47 Å². The molecule has 1 aliphatic rings. The number of carbonyl (C=O) groups is 1. The smallest absolute Gasteiger partial charge is 0.348 e. The second kappa shape index (κ2) is 11.3. The number of carbonyl (C=O) groups excluding carboxylic acids is 1. The number of rotatable bonds is 9. The van der Waals surface area contributed by atoms with Gasteiger partial charge in [-0.1, -0.05) is 29.8 Å². The standard InChI is InChI=1S/C22H29NO4S2/c1-6-9-16(26-5)11-10-14(4)15-12-17-19(18(13-15)23-25)22(28-8-3)29-20(17)21(24)27-7-2/h6,10-11,15,25H,1,7-9,12-13H2,2-5H3/b14-10+,16-11+,23-18+/t15-/m0/s1. The summed E-state index contributed by atoms with van der Waals surface area (Å²) in [5, 5.41) is 13.3. The third-order valence-electron chi connectivity index (χ3n) is 4.79. The van der Waals surface area contributed by atoms with Gasteiger partial charge in [-0.25, -0.2) is 4.79 Å². The molecule has 0 aromatic carbocycles. The lowest BCUT2D eigenvalue weighted by molar-refractivity contribution is 0.0530. The van der Waals surface area contributed by atoms with Crippen molar-refractivity contribution in [1.82, 2.24) is 0 Å². The van der Waals surface area contributed by atoms with Gasteiger partial charge < -0.3 is 14.7 Å². The minimum absolute atomic E-state index is 0.133. The van der Waals surface area contributed by atoms with Crippen LogP contribution >= 0.6 is 23.1 Å². The molecule has 1 aromatic rings. The van der Waals surface area contributed by atoms with Gasteiger partial charge in [0.2, 0.25) is 0 Å². The van der Waals surface area contributed by atoms with Crippen molar-refractivity contribution in [1.29, 1.82) is 0 Å². The molecule has 29 heavy (non-hydrogen) atoms. The predicted octanol–water partition coefficient (Wildman–Crippen LogP) is 5.83. The van der Waals surface area contributed by atoms with Crippen LogP contribution in [0.5, 0.6) is 0 Å². The molecule has 0 spiro atoms. The minimum Gasteiger partial charge on any atom is -0.501 e. The molecule has 1 N–H and O–H groups in total. The van der Waals surface area contributed by atoms with E-state index in [1.165, 1.54) is 11.3 Å². The average Bonchev–Trinajstić information content (AvgIpc) is 3.09. The second-order valence-corrected chi connectivity index (χ2v) is 9.17. The van der Waals surface area contributed by atoms with Gasteiger partial charge in [-0.15, -0.1) is 29.7 Å². The molecule has 158 valence electrons. The molecule has 0 aliphatic heterocycles. The number of ether oxygens (including phenoxy) is 2. The van der Waals surface area contributed by atoms with Crippen LogP contribution in [0.15, 0.2) is 45.5 Å². The van der Waals surface area contributed by atoms with Gasteiger partial charge in [-0.2, -0.15) is 0 Å². The number of oxime groups is 1. The normalized spacial score (nSPS) is 18.5. The molecule has 0 amide bonds. The Labute approximate surface area is 181 Å². The Kier molecular flexibility index (Phi) is 9.04. The molecule has 1 atom stereocenters. The van der Waals surface area contributed by atoms with Crippen molar-refractivity contribution in [3.63, 3.8) is 0 Å². The molecule has 1 aromatic heterocycles. The van der Waals surface area contributed by atoms with Gasteiger partial charge in [0.05, 0.1) is 29.4 Å². The van der Waals surface area contributed by atoms with Gasteiger partial charge in [-0.05, 0) is 43.6 Å². The number of fused-ring (bicyclic) bond motifs is 1. The Morgan fingerprint density at radius 1 is 1.38 bits per heavy atom. The van der Waals surface area contributed by atoms with Gasteiger partial charge in [0.1, 0.15) is 4.88 Å². The maximum Gasteiger partial charge on any atom is 0.348 e. The fourth-order valence-electron chi connectivity index (χ4n) is 3.31. The number of thiophene rings is 1. The van der Waals surface area contributed by atoms with E-state index in [-0.39, 0.29) is 11.9 Å². The Morgan fingerprint density at radius 2 is 2.14 bits per heavy atom. The molecule has 0 saturated carbocycles. The molecule has 0 bridgehead atoms. The number of nitrogens with zero attached hydrogens (tertiary/aromatic N) is 1. The van der Waals surface area contributed by atoms with Crippen molar-refractivity contribution in [2.24, 2.45) is 11.1 Å². The Morgan fingerprint density at radius 3 is 2.72 bits per heavy atom. The van der Waals surface area contributed by atoms with Crippen molar-refractivity contribution < 1.29 is 19.5 Å². The molecule has 0 radical (unpaired) electrons. The molecular formula is C22H29NO4S2. The summed E-state index contributed by atoms with van der Waals surface area (Å²) in [5.41, 5.74) is 3.62. The van der Waals surface area contributed by atoms with Gasteiger partial charge in [0.25, 0.3) is 0 Å². The maximum absolute atomic E-state index is 12.6. The highest BCUT2D eigenvalue weighted by Crippen LogP contribution is 2.43. The molecule has 1 aliphatic carbocycles. The highest BCUT2D eigenvalue weighted by molar-refractivity contribution is 8.01. The van der Waals surface area contributed by atoms with E-state index in [0.717, 1.165) is 32.4 Å². The number of methoxy groups -OCH3 is 1. The van der Waals surface area contributed by atoms with E-state index in [2.05, 4.69) is 25.6 Å². The first-order valence-electron chi connectivity index (χ1n) is 9.69. The van der Waals surface area contributed by atoms with Gasteiger partial charge in [0.15, 0.2) is 0 Å². The molecule has 7 heteroatoms. The predicted molar refractivity (Wildman–Crippen MR) is 120 cm³/mol. The lowest BCUT2D eigenvalue weighted by Gasteiger charge is -2.25. The largest absolute Gasteiger partial charge is 0.501 e. The van der Waals surface area contributed by atoms with Crippen molar-refractivity contribution in [3.8, 4) is 0 Å². The summed E-state index contributed by atoms with van der Waals surface area (Å²) in [6.07, 6.45) is 7.77. The number of esters is 1. The number of hydrogen-bond acceptors (Lipinski definition) is 7. The third-order valence-corrected chi connectivity index (χ3v) is 7.16. The van der Waals surface area contributed by atoms with Gasteiger partial charge in [-0.3, -0.25) is 0 Å². The zero-order chi connectivity index (χ0) is 21.4. The average molecular weight is 436 g/mol. The number of allylic oxidation sites excluding steroid dienone is 4. The zero-order valence-electron chi connectivity index (χ0n) is 17.5. The quantitative estimate of drug-likeness (QED) is 0.101. The van der Waals surface area contributed by atoms with Crippen molar-refractivity contribution in [2.45, 2.75) is 44.2 Å². The van der Waals surface area contributed by atoms with E-state index in [9.17, 15) is 10.0 Å². The highest BCUT2D eigenvalue weighted by atomic mass is 32.2. The molecule has 2 rings (SSSR count). The molecule has 5 nitrogen and oxygen atoms in total. The lowest BCUT2D eigenvalue weighted by Crippen LogP contribution is -2.22. The topological polar surface area (TPSA) is 68.1 Å². The monoisotopic (exact) mass is 435 g/mol. The Hall–Kier alpha value is -1.99. The first-order valence-corrected chi connectivity index (χ1v) is 11.5. The van der Waals surface area contributed by atoms with Crippen molar-refractivity contribution in [2.75, 3.05) is 19.5 Å². The SMILES string of the molecule is C=CC/C(=C\C=C(/C)[C@@H]1C/C(=N\O)c2c(SCC)sc(C(=O)OCC)c2C1)OC. The Balaban J connectivity index is 2.45. The van der Waals surface area contributed by atoms with Crippen molar-refractivity contribution in [3.05, 3.63) is 52.1 Å². The number of hydrogen-bond donors (Lipinski definition) is 1. The summed E-state index contributed by atoms with van der Waals surface area (Å²) in [5.74, 6) is 1.54. The van der Waals surface area contributed by atoms with Gasteiger partial charge >= 0.3 is 5.97 Å². The molecule has 0 fully saturated rings. The van der Waals surface area contributed by atoms with Crippen LogP contribution in [0.25, 0.3) is 0 Å². The summed E-state index contributed by atoms with van der Waals surface area (Å²) in [4.78, 5) is 13.2. The van der Waals surface area contributed by atoms with E-state index in [1.807, 2.05) is 12.2 Å². The molecule has 1 heterocycles. The van der Waals surface area contributed by atoms with E-state index in [1.54, 1.807) is 31.9 Å². The fourth-order valence-corrected chi connectivity index (χ4v) is 5.78. The van der Waals surface area contributed by atoms with Crippen LogP contribution in [0.1, 0.15) is 54.4 Å². The summed E-state index contributed by atoms with van der Waals surface area (Å²) in [7, 11) is 1.64. The van der Waals surface area contributed by atoms with Crippen LogP contribution in [-0.2, 0) is 15.9 Å². The molecule has 0 saturated heterocycles. The second-order valence-electron chi connectivity index (χ2n) is 6.62. The van der Waals surface area contributed by atoms with Crippen LogP contribution in [-0.4, -0.2) is 36.4 Å². The minimum atomic E-state index is -0.302. The third kappa shape index (κ3) is 5.54. The highest BCUT2D eigenvalue weighted by Gasteiger charge is 2.34. The maximum atomic E-state index is 12.6. The zero-order valence-corrected chi connectivity index (χ0v) is 19.1. The summed E-state index contributed by atoms with van der Waals surface area (Å²) in [6.45, 7) is 10.0. The van der Waals surface area contributed by atoms with E-state index in [0.29, 0.717) is 36.5 Å². The Bertz CT molecular complexity index is 836. The molecule has 0 unspecified atom stereocenters.